The molecule has 0 radical (unpaired) electrons. The maximum atomic E-state index is 12.5. The van der Waals surface area contributed by atoms with Gasteiger partial charge in [-0.3, -0.25) is 14.5 Å². The molecular formula is C15H16F3N3O3S. The first kappa shape index (κ1) is 17.7. The summed E-state index contributed by atoms with van der Waals surface area (Å²) in [6.45, 7) is -1.09. The zero-order valence-electron chi connectivity index (χ0n) is 13.2. The standard InChI is InChI=1S/C15H16F3N3O3S/c16-15(17,18)9-21-12(22)8-20(14(21)24)10-3-5-19(6-4-10)13(23)11-2-1-7-25-11/h1-2,7,10H,3-6,8-9H2. The average molecular weight is 375 g/mol. The van der Waals surface area contributed by atoms with Crippen LogP contribution in [0, 0.1) is 0 Å². The summed E-state index contributed by atoms with van der Waals surface area (Å²) in [7, 11) is 0. The highest BCUT2D eigenvalue weighted by Crippen LogP contribution is 2.26. The minimum atomic E-state index is -4.61. The normalized spacial score (nSPS) is 19.9. The van der Waals surface area contributed by atoms with E-state index in [1.54, 1.807) is 17.0 Å². The summed E-state index contributed by atoms with van der Waals surface area (Å²) in [4.78, 5) is 39.9. The van der Waals surface area contributed by atoms with Gasteiger partial charge in [0, 0.05) is 19.1 Å². The Morgan fingerprint density at radius 3 is 2.48 bits per heavy atom. The lowest BCUT2D eigenvalue weighted by molar-refractivity contribution is -0.151. The Hall–Kier alpha value is -2.10. The van der Waals surface area contributed by atoms with Gasteiger partial charge in [0.2, 0.25) is 0 Å². The van der Waals surface area contributed by atoms with Crippen molar-refractivity contribution in [3.8, 4) is 0 Å². The second kappa shape index (κ2) is 6.66. The molecule has 0 unspecified atom stereocenters. The van der Waals surface area contributed by atoms with Crippen LogP contribution in [0.2, 0.25) is 0 Å². The van der Waals surface area contributed by atoms with E-state index in [9.17, 15) is 27.6 Å². The highest BCUT2D eigenvalue weighted by atomic mass is 32.1. The molecule has 0 atom stereocenters. The Balaban J connectivity index is 1.59. The predicted octanol–water partition coefficient (Wildman–Crippen LogP) is 2.18. The molecule has 2 saturated heterocycles. The summed E-state index contributed by atoms with van der Waals surface area (Å²) in [5.74, 6) is -0.921. The lowest BCUT2D eigenvalue weighted by atomic mass is 10.0. The van der Waals surface area contributed by atoms with Gasteiger partial charge in [-0.25, -0.2) is 4.79 Å². The second-order valence-electron chi connectivity index (χ2n) is 6.01. The van der Waals surface area contributed by atoms with Crippen LogP contribution in [0.4, 0.5) is 18.0 Å². The Labute approximate surface area is 145 Å². The molecule has 2 fully saturated rings. The molecular weight excluding hydrogens is 359 g/mol. The van der Waals surface area contributed by atoms with E-state index < -0.39 is 24.7 Å². The highest BCUT2D eigenvalue weighted by Gasteiger charge is 2.45. The number of hydrogen-bond donors (Lipinski definition) is 0. The molecule has 0 bridgehead atoms. The Morgan fingerprint density at radius 2 is 1.92 bits per heavy atom. The zero-order chi connectivity index (χ0) is 18.2. The van der Waals surface area contributed by atoms with Crippen LogP contribution < -0.4 is 0 Å². The smallest absolute Gasteiger partial charge is 0.338 e. The van der Waals surface area contributed by atoms with Gasteiger partial charge in [0.05, 0.1) is 4.88 Å². The van der Waals surface area contributed by atoms with Crippen LogP contribution in [0.5, 0.6) is 0 Å². The van der Waals surface area contributed by atoms with E-state index in [1.807, 2.05) is 5.38 Å². The second-order valence-corrected chi connectivity index (χ2v) is 6.95. The summed E-state index contributed by atoms with van der Waals surface area (Å²) < 4.78 is 37.5. The Bertz CT molecular complexity index is 669. The third-order valence-corrected chi connectivity index (χ3v) is 5.20. The van der Waals surface area contributed by atoms with Gasteiger partial charge in [-0.05, 0) is 24.3 Å². The lowest BCUT2D eigenvalue weighted by Gasteiger charge is -2.36. The summed E-state index contributed by atoms with van der Waals surface area (Å²) in [5, 5.41) is 1.81. The van der Waals surface area contributed by atoms with E-state index in [1.165, 1.54) is 16.2 Å². The minimum Gasteiger partial charge on any atom is -0.338 e. The third-order valence-electron chi connectivity index (χ3n) is 4.35. The van der Waals surface area contributed by atoms with Crippen molar-refractivity contribution in [2.45, 2.75) is 25.1 Å². The van der Waals surface area contributed by atoms with E-state index in [4.69, 9.17) is 0 Å². The van der Waals surface area contributed by atoms with Crippen LogP contribution in [-0.4, -0.2) is 70.9 Å². The SMILES string of the molecule is O=C(c1cccs1)N1CCC(N2CC(=O)N(CC(F)(F)F)C2=O)CC1. The van der Waals surface area contributed by atoms with Crippen molar-refractivity contribution in [1.29, 1.82) is 0 Å². The molecule has 6 nitrogen and oxygen atoms in total. The molecule has 1 aromatic rings. The molecule has 10 heteroatoms. The number of rotatable bonds is 3. The molecule has 0 spiro atoms. The van der Waals surface area contributed by atoms with Crippen LogP contribution in [0.15, 0.2) is 17.5 Å². The highest BCUT2D eigenvalue weighted by molar-refractivity contribution is 7.12. The largest absolute Gasteiger partial charge is 0.406 e. The van der Waals surface area contributed by atoms with Crippen molar-refractivity contribution in [3.63, 3.8) is 0 Å². The van der Waals surface area contributed by atoms with Crippen LogP contribution in [0.25, 0.3) is 0 Å². The van der Waals surface area contributed by atoms with Crippen LogP contribution in [0.1, 0.15) is 22.5 Å². The molecule has 0 N–H and O–H groups in total. The number of carbonyl (C=O) groups is 3. The van der Waals surface area contributed by atoms with Crippen LogP contribution >= 0.6 is 11.3 Å². The first-order chi connectivity index (χ1) is 11.8. The van der Waals surface area contributed by atoms with Crippen molar-refractivity contribution in [3.05, 3.63) is 22.4 Å². The number of nitrogens with zero attached hydrogens (tertiary/aromatic N) is 3. The summed E-state index contributed by atoms with van der Waals surface area (Å²) in [6, 6.07) is 2.29. The average Bonchev–Trinajstić information content (AvgIpc) is 3.18. The van der Waals surface area contributed by atoms with Gasteiger partial charge >= 0.3 is 12.2 Å². The molecule has 0 saturated carbocycles. The molecule has 4 amide bonds. The lowest BCUT2D eigenvalue weighted by Crippen LogP contribution is -2.48. The van der Waals surface area contributed by atoms with Crippen molar-refractivity contribution in [2.24, 2.45) is 0 Å². The minimum absolute atomic E-state index is 0.0871. The first-order valence-corrected chi connectivity index (χ1v) is 8.65. The van der Waals surface area contributed by atoms with Crippen LogP contribution in [0.3, 0.4) is 0 Å². The fourth-order valence-corrected chi connectivity index (χ4v) is 3.81. The Kier molecular flexibility index (Phi) is 4.72. The zero-order valence-corrected chi connectivity index (χ0v) is 14.0. The van der Waals surface area contributed by atoms with Crippen molar-refractivity contribution in [2.75, 3.05) is 26.2 Å². The molecule has 2 aliphatic heterocycles. The van der Waals surface area contributed by atoms with Gasteiger partial charge in [0.25, 0.3) is 11.8 Å². The van der Waals surface area contributed by atoms with Gasteiger partial charge in [-0.1, -0.05) is 6.07 Å². The Morgan fingerprint density at radius 1 is 1.24 bits per heavy atom. The van der Waals surface area contributed by atoms with E-state index in [2.05, 4.69) is 0 Å². The van der Waals surface area contributed by atoms with Gasteiger partial charge in [0.1, 0.15) is 13.1 Å². The summed E-state index contributed by atoms with van der Waals surface area (Å²) in [6.07, 6.45) is -3.73. The molecule has 25 heavy (non-hydrogen) atoms. The van der Waals surface area contributed by atoms with E-state index in [0.717, 1.165) is 0 Å². The van der Waals surface area contributed by atoms with Crippen LogP contribution in [-0.2, 0) is 4.79 Å². The van der Waals surface area contributed by atoms with Crippen molar-refractivity contribution in [1.82, 2.24) is 14.7 Å². The van der Waals surface area contributed by atoms with Gasteiger partial charge < -0.3 is 9.80 Å². The molecule has 3 rings (SSSR count). The number of halogens is 3. The number of imide groups is 1. The number of amides is 4. The third kappa shape index (κ3) is 3.78. The fourth-order valence-electron chi connectivity index (χ4n) is 3.12. The van der Waals surface area contributed by atoms with Gasteiger partial charge in [-0.15, -0.1) is 11.3 Å². The molecule has 3 heterocycles. The number of piperidine rings is 1. The number of carbonyl (C=O) groups excluding carboxylic acids is 3. The first-order valence-electron chi connectivity index (χ1n) is 7.77. The monoisotopic (exact) mass is 375 g/mol. The van der Waals surface area contributed by atoms with E-state index in [0.29, 0.717) is 30.8 Å². The van der Waals surface area contributed by atoms with Crippen molar-refractivity contribution < 1.29 is 27.6 Å². The number of alkyl halides is 3. The number of likely N-dealkylation sites (tertiary alicyclic amines) is 1. The number of thiophene rings is 1. The van der Waals surface area contributed by atoms with Gasteiger partial charge in [-0.2, -0.15) is 13.2 Å². The predicted molar refractivity (Wildman–Crippen MR) is 83.1 cm³/mol. The summed E-state index contributed by atoms with van der Waals surface area (Å²) in [5.41, 5.74) is 0. The fraction of sp³-hybridized carbons (Fsp3) is 0.533. The quantitative estimate of drug-likeness (QED) is 0.761. The number of urea groups is 1. The molecule has 0 aliphatic carbocycles. The number of hydrogen-bond acceptors (Lipinski definition) is 4. The molecule has 0 aromatic carbocycles. The summed E-state index contributed by atoms with van der Waals surface area (Å²) >= 11 is 1.34. The topological polar surface area (TPSA) is 60.9 Å². The molecule has 2 aliphatic rings. The molecule has 1 aromatic heterocycles. The maximum absolute atomic E-state index is 12.5. The van der Waals surface area contributed by atoms with Gasteiger partial charge in [0.15, 0.2) is 0 Å². The van der Waals surface area contributed by atoms with Crippen molar-refractivity contribution >= 4 is 29.2 Å². The molecule has 136 valence electrons. The van der Waals surface area contributed by atoms with E-state index >= 15 is 0 Å². The maximum Gasteiger partial charge on any atom is 0.406 e. The van der Waals surface area contributed by atoms with E-state index in [-0.39, 0.29) is 23.4 Å².